The highest BCUT2D eigenvalue weighted by Gasteiger charge is 2.23. The maximum absolute atomic E-state index is 9.39. The van der Waals surface area contributed by atoms with E-state index in [1.165, 1.54) is 12.8 Å². The van der Waals surface area contributed by atoms with Crippen LogP contribution in [-0.2, 0) is 0 Å². The molecule has 0 bridgehead atoms. The first-order chi connectivity index (χ1) is 9.27. The molecular formula is C15H20BrN3. The summed E-state index contributed by atoms with van der Waals surface area (Å²) >= 11 is 3.49. The molecule has 19 heavy (non-hydrogen) atoms. The van der Waals surface area contributed by atoms with Crippen LogP contribution in [0.3, 0.4) is 0 Å². The first kappa shape index (κ1) is 14.4. The minimum atomic E-state index is 0.495. The van der Waals surface area contributed by atoms with Gasteiger partial charge in [0.1, 0.15) is 6.07 Å². The highest BCUT2D eigenvalue weighted by molar-refractivity contribution is 9.10. The summed E-state index contributed by atoms with van der Waals surface area (Å²) in [5.74, 6) is 0. The molecule has 0 spiro atoms. The number of piperidine rings is 1. The van der Waals surface area contributed by atoms with Crippen molar-refractivity contribution < 1.29 is 0 Å². The Morgan fingerprint density at radius 3 is 3.00 bits per heavy atom. The minimum Gasteiger partial charge on any atom is -0.366 e. The summed E-state index contributed by atoms with van der Waals surface area (Å²) in [6.07, 6.45) is 3.50. The highest BCUT2D eigenvalue weighted by atomic mass is 79.9. The second-order valence-electron chi connectivity index (χ2n) is 4.94. The van der Waals surface area contributed by atoms with E-state index in [-0.39, 0.29) is 0 Å². The second-order valence-corrected chi connectivity index (χ2v) is 5.79. The Balaban J connectivity index is 2.33. The van der Waals surface area contributed by atoms with Crippen molar-refractivity contribution in [2.45, 2.75) is 32.2 Å². The molecule has 1 aliphatic heterocycles. The van der Waals surface area contributed by atoms with Crippen molar-refractivity contribution in [3.05, 3.63) is 28.2 Å². The Hall–Kier alpha value is -1.05. The summed E-state index contributed by atoms with van der Waals surface area (Å²) in [5.41, 5.74) is 1.81. The molecule has 2 rings (SSSR count). The zero-order valence-corrected chi connectivity index (χ0v) is 12.9. The first-order valence-corrected chi connectivity index (χ1v) is 7.73. The smallest absolute Gasteiger partial charge is 0.103 e. The van der Waals surface area contributed by atoms with Gasteiger partial charge in [-0.1, -0.05) is 13.0 Å². The van der Waals surface area contributed by atoms with E-state index in [0.717, 1.165) is 41.8 Å². The van der Waals surface area contributed by atoms with Crippen LogP contribution in [0.5, 0.6) is 0 Å². The molecule has 0 aromatic heterocycles. The summed E-state index contributed by atoms with van der Waals surface area (Å²) in [6, 6.07) is 8.84. The lowest BCUT2D eigenvalue weighted by molar-refractivity contribution is 0.430. The van der Waals surface area contributed by atoms with Gasteiger partial charge >= 0.3 is 0 Å². The average Bonchev–Trinajstić information content (AvgIpc) is 2.45. The van der Waals surface area contributed by atoms with Gasteiger partial charge in [0.15, 0.2) is 0 Å². The molecule has 0 amide bonds. The predicted molar refractivity (Wildman–Crippen MR) is 82.4 cm³/mol. The largest absolute Gasteiger partial charge is 0.366 e. The zero-order chi connectivity index (χ0) is 13.7. The van der Waals surface area contributed by atoms with Gasteiger partial charge < -0.3 is 10.2 Å². The van der Waals surface area contributed by atoms with Crippen LogP contribution >= 0.6 is 15.9 Å². The van der Waals surface area contributed by atoms with Crippen molar-refractivity contribution in [1.82, 2.24) is 5.32 Å². The van der Waals surface area contributed by atoms with Crippen LogP contribution in [0.15, 0.2) is 22.7 Å². The lowest BCUT2D eigenvalue weighted by Crippen LogP contribution is -2.46. The standard InChI is InChI=1S/C15H20BrN3/c1-2-9-19(12-5-4-8-18-11-12)15-7-3-6-14(16)13(15)10-17/h3,6-7,12,18H,2,4-5,8-9,11H2,1H3. The quantitative estimate of drug-likeness (QED) is 0.924. The summed E-state index contributed by atoms with van der Waals surface area (Å²) in [7, 11) is 0. The van der Waals surface area contributed by atoms with Crippen LogP contribution < -0.4 is 10.2 Å². The number of halogens is 1. The molecule has 1 aromatic rings. The number of hydrogen-bond donors (Lipinski definition) is 1. The van der Waals surface area contributed by atoms with Gasteiger partial charge in [0, 0.05) is 23.6 Å². The third-order valence-corrected chi connectivity index (χ3v) is 4.25. The highest BCUT2D eigenvalue weighted by Crippen LogP contribution is 2.29. The third kappa shape index (κ3) is 3.29. The molecule has 1 atom stereocenters. The Morgan fingerprint density at radius 2 is 2.37 bits per heavy atom. The predicted octanol–water partition coefficient (Wildman–Crippen LogP) is 3.29. The average molecular weight is 322 g/mol. The van der Waals surface area contributed by atoms with Crippen LogP contribution in [0.4, 0.5) is 5.69 Å². The lowest BCUT2D eigenvalue weighted by atomic mass is 10.0. The van der Waals surface area contributed by atoms with Gasteiger partial charge in [-0.15, -0.1) is 0 Å². The number of hydrogen-bond acceptors (Lipinski definition) is 3. The van der Waals surface area contributed by atoms with E-state index in [2.05, 4.69) is 45.2 Å². The van der Waals surface area contributed by atoms with E-state index in [1.54, 1.807) is 0 Å². The van der Waals surface area contributed by atoms with Crippen LogP contribution in [0.1, 0.15) is 31.7 Å². The van der Waals surface area contributed by atoms with Gasteiger partial charge in [0.25, 0.3) is 0 Å². The van der Waals surface area contributed by atoms with E-state index < -0.39 is 0 Å². The Kier molecular flexibility index (Phi) is 5.24. The number of nitrogens with zero attached hydrogens (tertiary/aromatic N) is 2. The summed E-state index contributed by atoms with van der Waals surface area (Å²) in [5, 5.41) is 12.9. The van der Waals surface area contributed by atoms with E-state index in [1.807, 2.05) is 12.1 Å². The molecule has 1 saturated heterocycles. The summed E-state index contributed by atoms with van der Waals surface area (Å²) in [4.78, 5) is 2.40. The van der Waals surface area contributed by atoms with Crippen LogP contribution in [0.2, 0.25) is 0 Å². The zero-order valence-electron chi connectivity index (χ0n) is 11.3. The fourth-order valence-corrected chi connectivity index (χ4v) is 3.15. The summed E-state index contributed by atoms with van der Waals surface area (Å²) in [6.45, 7) is 5.31. The number of rotatable bonds is 4. The molecule has 1 unspecified atom stereocenters. The van der Waals surface area contributed by atoms with Gasteiger partial charge in [-0.25, -0.2) is 0 Å². The third-order valence-electron chi connectivity index (χ3n) is 3.59. The molecule has 1 fully saturated rings. The van der Waals surface area contributed by atoms with Gasteiger partial charge in [0.05, 0.1) is 11.3 Å². The number of nitrogens with one attached hydrogen (secondary N) is 1. The molecule has 3 nitrogen and oxygen atoms in total. The van der Waals surface area contributed by atoms with Crippen molar-refractivity contribution >= 4 is 21.6 Å². The van der Waals surface area contributed by atoms with Crippen LogP contribution in [0.25, 0.3) is 0 Å². The molecule has 1 heterocycles. The van der Waals surface area contributed by atoms with Crippen molar-refractivity contribution in [3.8, 4) is 6.07 Å². The van der Waals surface area contributed by atoms with Crippen molar-refractivity contribution in [1.29, 1.82) is 5.26 Å². The second kappa shape index (κ2) is 6.93. The number of nitriles is 1. The maximum atomic E-state index is 9.39. The SMILES string of the molecule is CCCN(c1cccc(Br)c1C#N)C1CCCNC1. The van der Waals surface area contributed by atoms with Gasteiger partial charge in [-0.05, 0) is 53.9 Å². The molecular weight excluding hydrogens is 302 g/mol. The molecule has 1 aliphatic rings. The van der Waals surface area contributed by atoms with Gasteiger partial charge in [-0.3, -0.25) is 0 Å². The maximum Gasteiger partial charge on any atom is 0.103 e. The number of anilines is 1. The van der Waals surface area contributed by atoms with Crippen LogP contribution in [0, 0.1) is 11.3 Å². The van der Waals surface area contributed by atoms with E-state index >= 15 is 0 Å². The lowest BCUT2D eigenvalue weighted by Gasteiger charge is -2.37. The van der Waals surface area contributed by atoms with Crippen LogP contribution in [-0.4, -0.2) is 25.7 Å². The minimum absolute atomic E-state index is 0.495. The van der Waals surface area contributed by atoms with Crippen molar-refractivity contribution in [3.63, 3.8) is 0 Å². The molecule has 0 radical (unpaired) electrons. The summed E-state index contributed by atoms with van der Waals surface area (Å²) < 4.78 is 0.886. The normalized spacial score (nSPS) is 18.9. The van der Waals surface area contributed by atoms with E-state index in [9.17, 15) is 5.26 Å². The fourth-order valence-electron chi connectivity index (χ4n) is 2.70. The van der Waals surface area contributed by atoms with Gasteiger partial charge in [-0.2, -0.15) is 5.26 Å². The van der Waals surface area contributed by atoms with Crippen molar-refractivity contribution in [2.75, 3.05) is 24.5 Å². The molecule has 102 valence electrons. The topological polar surface area (TPSA) is 39.1 Å². The fraction of sp³-hybridized carbons (Fsp3) is 0.533. The Bertz CT molecular complexity index is 461. The first-order valence-electron chi connectivity index (χ1n) is 6.94. The van der Waals surface area contributed by atoms with E-state index in [4.69, 9.17) is 0 Å². The number of benzene rings is 1. The Labute approximate surface area is 123 Å². The van der Waals surface area contributed by atoms with E-state index in [0.29, 0.717) is 6.04 Å². The molecule has 0 saturated carbocycles. The molecule has 1 N–H and O–H groups in total. The molecule has 4 heteroatoms. The monoisotopic (exact) mass is 321 g/mol. The van der Waals surface area contributed by atoms with Gasteiger partial charge in [0.2, 0.25) is 0 Å². The van der Waals surface area contributed by atoms with Crippen molar-refractivity contribution in [2.24, 2.45) is 0 Å². The Morgan fingerprint density at radius 1 is 1.53 bits per heavy atom. The molecule has 0 aliphatic carbocycles. The molecule has 1 aromatic carbocycles.